The van der Waals surface area contributed by atoms with Gasteiger partial charge in [0.05, 0.1) is 0 Å². The standard InChI is InChI=1S/C17H17N5O/c18-16-20-15(21-17(19)22-16)10-9-12-5-4-8-14(11-12)23-13-6-2-1-3-7-13/h1-8,11H,9-10H2,(H4,18,19,20,21,22). The fourth-order valence-corrected chi connectivity index (χ4v) is 2.21. The van der Waals surface area contributed by atoms with E-state index in [0.717, 1.165) is 23.5 Å². The van der Waals surface area contributed by atoms with Crippen LogP contribution in [0.5, 0.6) is 11.5 Å². The van der Waals surface area contributed by atoms with Crippen LogP contribution < -0.4 is 16.2 Å². The lowest BCUT2D eigenvalue weighted by molar-refractivity contribution is 0.482. The minimum absolute atomic E-state index is 0.147. The summed E-state index contributed by atoms with van der Waals surface area (Å²) in [5, 5.41) is 0. The average Bonchev–Trinajstić information content (AvgIpc) is 2.53. The highest BCUT2D eigenvalue weighted by molar-refractivity contribution is 5.34. The van der Waals surface area contributed by atoms with Gasteiger partial charge in [0, 0.05) is 6.42 Å². The monoisotopic (exact) mass is 307 g/mol. The first kappa shape index (κ1) is 14.8. The van der Waals surface area contributed by atoms with Crippen molar-refractivity contribution in [1.29, 1.82) is 0 Å². The van der Waals surface area contributed by atoms with E-state index in [1.807, 2.05) is 54.6 Å². The smallest absolute Gasteiger partial charge is 0.225 e. The van der Waals surface area contributed by atoms with Gasteiger partial charge < -0.3 is 16.2 Å². The maximum Gasteiger partial charge on any atom is 0.225 e. The Balaban J connectivity index is 1.68. The number of benzene rings is 2. The van der Waals surface area contributed by atoms with E-state index in [9.17, 15) is 0 Å². The number of ether oxygens (including phenoxy) is 1. The third kappa shape index (κ3) is 4.16. The van der Waals surface area contributed by atoms with Gasteiger partial charge in [-0.25, -0.2) is 0 Å². The van der Waals surface area contributed by atoms with Gasteiger partial charge in [0.15, 0.2) is 0 Å². The first-order valence-corrected chi connectivity index (χ1v) is 7.27. The molecular formula is C17H17N5O. The summed E-state index contributed by atoms with van der Waals surface area (Å²) in [6, 6.07) is 17.6. The van der Waals surface area contributed by atoms with E-state index >= 15 is 0 Å². The fourth-order valence-electron chi connectivity index (χ4n) is 2.21. The quantitative estimate of drug-likeness (QED) is 0.751. The number of para-hydroxylation sites is 1. The number of aromatic nitrogens is 3. The van der Waals surface area contributed by atoms with Gasteiger partial charge in [-0.05, 0) is 36.2 Å². The number of aryl methyl sites for hydroxylation is 2. The number of nitrogens with zero attached hydrogens (tertiary/aromatic N) is 3. The van der Waals surface area contributed by atoms with Crippen LogP contribution in [0.25, 0.3) is 0 Å². The molecule has 6 nitrogen and oxygen atoms in total. The predicted octanol–water partition coefficient (Wildman–Crippen LogP) is 2.61. The van der Waals surface area contributed by atoms with Gasteiger partial charge in [0.1, 0.15) is 17.3 Å². The molecule has 0 radical (unpaired) electrons. The van der Waals surface area contributed by atoms with Crippen molar-refractivity contribution in [2.45, 2.75) is 12.8 Å². The summed E-state index contributed by atoms with van der Waals surface area (Å²) in [4.78, 5) is 11.9. The zero-order valence-corrected chi connectivity index (χ0v) is 12.5. The summed E-state index contributed by atoms with van der Waals surface area (Å²) < 4.78 is 5.83. The number of hydrogen-bond acceptors (Lipinski definition) is 6. The van der Waals surface area contributed by atoms with Crippen LogP contribution in [0.2, 0.25) is 0 Å². The molecule has 0 aliphatic heterocycles. The molecule has 0 atom stereocenters. The van der Waals surface area contributed by atoms with Crippen LogP contribution in [0.1, 0.15) is 11.4 Å². The van der Waals surface area contributed by atoms with Crippen molar-refractivity contribution in [2.75, 3.05) is 11.5 Å². The van der Waals surface area contributed by atoms with E-state index in [-0.39, 0.29) is 11.9 Å². The van der Waals surface area contributed by atoms with Gasteiger partial charge in [-0.15, -0.1) is 0 Å². The van der Waals surface area contributed by atoms with Crippen LogP contribution in [0.4, 0.5) is 11.9 Å². The Kier molecular flexibility index (Phi) is 4.33. The number of anilines is 2. The highest BCUT2D eigenvalue weighted by Crippen LogP contribution is 2.22. The Morgan fingerprint density at radius 1 is 0.739 bits per heavy atom. The van der Waals surface area contributed by atoms with Gasteiger partial charge >= 0.3 is 0 Å². The molecule has 0 unspecified atom stereocenters. The summed E-state index contributed by atoms with van der Waals surface area (Å²) in [6.45, 7) is 0. The van der Waals surface area contributed by atoms with Crippen LogP contribution in [0.3, 0.4) is 0 Å². The average molecular weight is 307 g/mol. The van der Waals surface area contributed by atoms with Gasteiger partial charge in [0.2, 0.25) is 11.9 Å². The predicted molar refractivity (Wildman–Crippen MR) is 89.0 cm³/mol. The molecule has 116 valence electrons. The molecule has 1 aromatic heterocycles. The van der Waals surface area contributed by atoms with Crippen molar-refractivity contribution in [3.8, 4) is 11.5 Å². The van der Waals surface area contributed by atoms with Gasteiger partial charge in [-0.2, -0.15) is 15.0 Å². The van der Waals surface area contributed by atoms with Crippen LogP contribution in [-0.2, 0) is 12.8 Å². The van der Waals surface area contributed by atoms with Gasteiger partial charge in [0.25, 0.3) is 0 Å². The molecule has 0 bridgehead atoms. The van der Waals surface area contributed by atoms with E-state index in [1.165, 1.54) is 0 Å². The Hall–Kier alpha value is -3.15. The summed E-state index contributed by atoms with van der Waals surface area (Å²) >= 11 is 0. The van der Waals surface area contributed by atoms with E-state index in [1.54, 1.807) is 0 Å². The van der Waals surface area contributed by atoms with Crippen molar-refractivity contribution in [3.05, 3.63) is 66.0 Å². The zero-order valence-electron chi connectivity index (χ0n) is 12.5. The minimum atomic E-state index is 0.147. The summed E-state index contributed by atoms with van der Waals surface area (Å²) in [6.07, 6.45) is 1.39. The van der Waals surface area contributed by atoms with Gasteiger partial charge in [-0.3, -0.25) is 0 Å². The van der Waals surface area contributed by atoms with E-state index in [2.05, 4.69) is 15.0 Å². The molecule has 6 heteroatoms. The highest BCUT2D eigenvalue weighted by Gasteiger charge is 2.04. The summed E-state index contributed by atoms with van der Waals surface area (Å²) in [7, 11) is 0. The summed E-state index contributed by atoms with van der Waals surface area (Å²) in [5.41, 5.74) is 12.3. The largest absolute Gasteiger partial charge is 0.457 e. The second-order valence-corrected chi connectivity index (χ2v) is 5.03. The Morgan fingerprint density at radius 2 is 1.43 bits per heavy atom. The molecule has 0 fully saturated rings. The molecule has 1 heterocycles. The topological polar surface area (TPSA) is 99.9 Å². The second kappa shape index (κ2) is 6.74. The van der Waals surface area contributed by atoms with E-state index < -0.39 is 0 Å². The molecule has 4 N–H and O–H groups in total. The number of nitrogens with two attached hydrogens (primary N) is 2. The molecule has 23 heavy (non-hydrogen) atoms. The molecule has 0 amide bonds. The number of rotatable bonds is 5. The second-order valence-electron chi connectivity index (χ2n) is 5.03. The first-order chi connectivity index (χ1) is 11.2. The van der Waals surface area contributed by atoms with Crippen molar-refractivity contribution >= 4 is 11.9 Å². The maximum absolute atomic E-state index is 5.83. The zero-order chi connectivity index (χ0) is 16.1. The van der Waals surface area contributed by atoms with Crippen LogP contribution in [0.15, 0.2) is 54.6 Å². The van der Waals surface area contributed by atoms with Crippen molar-refractivity contribution in [3.63, 3.8) is 0 Å². The lowest BCUT2D eigenvalue weighted by atomic mass is 10.1. The van der Waals surface area contributed by atoms with Crippen molar-refractivity contribution < 1.29 is 4.74 Å². The van der Waals surface area contributed by atoms with Crippen LogP contribution in [0, 0.1) is 0 Å². The molecule has 0 saturated carbocycles. The molecule has 0 spiro atoms. The first-order valence-electron chi connectivity index (χ1n) is 7.27. The van der Waals surface area contributed by atoms with E-state index in [4.69, 9.17) is 16.2 Å². The third-order valence-electron chi connectivity index (χ3n) is 3.23. The Morgan fingerprint density at radius 3 is 2.17 bits per heavy atom. The van der Waals surface area contributed by atoms with Crippen molar-refractivity contribution in [2.24, 2.45) is 0 Å². The lowest BCUT2D eigenvalue weighted by Crippen LogP contribution is -2.07. The van der Waals surface area contributed by atoms with Crippen LogP contribution >= 0.6 is 0 Å². The molecular weight excluding hydrogens is 290 g/mol. The maximum atomic E-state index is 5.83. The van der Waals surface area contributed by atoms with Crippen molar-refractivity contribution in [1.82, 2.24) is 15.0 Å². The fraction of sp³-hybridized carbons (Fsp3) is 0.118. The third-order valence-corrected chi connectivity index (χ3v) is 3.23. The molecule has 0 aliphatic rings. The molecule has 0 saturated heterocycles. The SMILES string of the molecule is Nc1nc(N)nc(CCc2cccc(Oc3ccccc3)c2)n1. The Bertz CT molecular complexity index is 772. The lowest BCUT2D eigenvalue weighted by Gasteiger charge is -2.07. The van der Waals surface area contributed by atoms with Crippen LogP contribution in [-0.4, -0.2) is 15.0 Å². The Labute approximate surface area is 134 Å². The number of nitrogen functional groups attached to an aromatic ring is 2. The van der Waals surface area contributed by atoms with E-state index in [0.29, 0.717) is 12.2 Å². The minimum Gasteiger partial charge on any atom is -0.457 e. The molecule has 3 aromatic rings. The summed E-state index contributed by atoms with van der Waals surface area (Å²) in [5.74, 6) is 2.48. The molecule has 2 aromatic carbocycles. The normalized spacial score (nSPS) is 10.4. The van der Waals surface area contributed by atoms with Gasteiger partial charge in [-0.1, -0.05) is 30.3 Å². The number of hydrogen-bond donors (Lipinski definition) is 2. The molecule has 3 rings (SSSR count). The molecule has 0 aliphatic carbocycles. The highest BCUT2D eigenvalue weighted by atomic mass is 16.5.